The van der Waals surface area contributed by atoms with E-state index in [1.807, 2.05) is 33.8 Å². The summed E-state index contributed by atoms with van der Waals surface area (Å²) >= 11 is 5.99. The summed E-state index contributed by atoms with van der Waals surface area (Å²) in [4.78, 5) is 15.1. The van der Waals surface area contributed by atoms with Crippen molar-refractivity contribution in [1.29, 1.82) is 0 Å². The molecule has 0 saturated carbocycles. The van der Waals surface area contributed by atoms with Gasteiger partial charge in [0.05, 0.1) is 23.1 Å². The smallest absolute Gasteiger partial charge is 0.257 e. The number of carbonyl (C=O) groups excluding carboxylic acids is 1. The van der Waals surface area contributed by atoms with Crippen LogP contribution in [0.3, 0.4) is 0 Å². The Labute approximate surface area is 153 Å². The molecule has 134 valence electrons. The Morgan fingerprint density at radius 3 is 2.60 bits per heavy atom. The maximum atomic E-state index is 13.2. The van der Waals surface area contributed by atoms with Crippen LogP contribution >= 0.6 is 11.6 Å². The predicted molar refractivity (Wildman–Crippen MR) is 100 cm³/mol. The molecule has 25 heavy (non-hydrogen) atoms. The summed E-state index contributed by atoms with van der Waals surface area (Å²) in [5.74, 6) is 0.598. The van der Waals surface area contributed by atoms with Crippen LogP contribution in [0.1, 0.15) is 49.2 Å². The van der Waals surface area contributed by atoms with Gasteiger partial charge in [-0.1, -0.05) is 25.4 Å². The summed E-state index contributed by atoms with van der Waals surface area (Å²) < 4.78 is 1.84. The van der Waals surface area contributed by atoms with Crippen molar-refractivity contribution in [2.75, 3.05) is 13.1 Å². The lowest BCUT2D eigenvalue weighted by Gasteiger charge is -2.22. The zero-order chi connectivity index (χ0) is 18.1. The van der Waals surface area contributed by atoms with Crippen LogP contribution in [0.5, 0.6) is 0 Å². The summed E-state index contributed by atoms with van der Waals surface area (Å²) in [5, 5.41) is 5.17. The van der Waals surface area contributed by atoms with E-state index in [9.17, 15) is 4.79 Å². The largest absolute Gasteiger partial charge is 0.335 e. The van der Waals surface area contributed by atoms with E-state index < -0.39 is 0 Å². The molecule has 1 aliphatic rings. The number of carbonyl (C=O) groups is 1. The van der Waals surface area contributed by atoms with Gasteiger partial charge in [-0.05, 0) is 56.0 Å². The lowest BCUT2D eigenvalue weighted by atomic mass is 10.0. The van der Waals surface area contributed by atoms with Gasteiger partial charge in [-0.2, -0.15) is 5.10 Å². The molecule has 2 atom stereocenters. The van der Waals surface area contributed by atoms with Crippen LogP contribution in [-0.4, -0.2) is 39.7 Å². The number of benzene rings is 1. The van der Waals surface area contributed by atoms with Gasteiger partial charge in [-0.3, -0.25) is 4.79 Å². The van der Waals surface area contributed by atoms with Gasteiger partial charge in [0.1, 0.15) is 0 Å². The van der Waals surface area contributed by atoms with Crippen molar-refractivity contribution >= 4 is 17.5 Å². The molecule has 0 bridgehead atoms. The van der Waals surface area contributed by atoms with Crippen LogP contribution in [-0.2, 0) is 0 Å². The Balaban J connectivity index is 1.97. The third-order valence-electron chi connectivity index (χ3n) is 4.91. The first kappa shape index (κ1) is 18.0. The number of nitrogens with two attached hydrogens (primary N) is 1. The first-order chi connectivity index (χ1) is 11.9. The summed E-state index contributed by atoms with van der Waals surface area (Å²) in [6.07, 6.45) is 2.65. The molecule has 3 rings (SSSR count). The minimum Gasteiger partial charge on any atom is -0.335 e. The molecule has 0 radical (unpaired) electrons. The standard InChI is InChI=1S/C19H25ClN4O/c1-12(2)18-17(19(25)23-11-14(9-21)8-13(23)3)10-22-24(18)16-6-4-15(20)5-7-16/h4-7,10,12-14H,8-9,11,21H2,1-3H3. The van der Waals surface area contributed by atoms with E-state index in [0.717, 1.165) is 24.3 Å². The highest BCUT2D eigenvalue weighted by Crippen LogP contribution is 2.29. The van der Waals surface area contributed by atoms with Crippen molar-refractivity contribution in [3.05, 3.63) is 46.7 Å². The molecule has 1 aromatic heterocycles. The summed E-state index contributed by atoms with van der Waals surface area (Å²) in [7, 11) is 0. The van der Waals surface area contributed by atoms with E-state index in [1.165, 1.54) is 0 Å². The van der Waals surface area contributed by atoms with Crippen LogP contribution in [0.4, 0.5) is 0 Å². The minimum atomic E-state index is 0.0485. The first-order valence-electron chi connectivity index (χ1n) is 8.77. The zero-order valence-electron chi connectivity index (χ0n) is 14.9. The molecule has 2 aromatic rings. The Bertz CT molecular complexity index is 753. The fraction of sp³-hybridized carbons (Fsp3) is 0.474. The van der Waals surface area contributed by atoms with Crippen LogP contribution in [0.15, 0.2) is 30.5 Å². The molecule has 6 heteroatoms. The van der Waals surface area contributed by atoms with Crippen LogP contribution in [0.2, 0.25) is 5.02 Å². The Morgan fingerprint density at radius 2 is 2.04 bits per heavy atom. The second-order valence-corrected chi connectivity index (χ2v) is 7.57. The summed E-state index contributed by atoms with van der Waals surface area (Å²) in [6, 6.07) is 7.70. The molecule has 1 fully saturated rings. The first-order valence-corrected chi connectivity index (χ1v) is 9.15. The number of hydrogen-bond acceptors (Lipinski definition) is 3. The van der Waals surface area contributed by atoms with E-state index >= 15 is 0 Å². The van der Waals surface area contributed by atoms with Crippen molar-refractivity contribution in [3.8, 4) is 5.69 Å². The molecule has 2 heterocycles. The minimum absolute atomic E-state index is 0.0485. The van der Waals surface area contributed by atoms with Crippen LogP contribution in [0.25, 0.3) is 5.69 Å². The van der Waals surface area contributed by atoms with Gasteiger partial charge in [0.15, 0.2) is 0 Å². The van der Waals surface area contributed by atoms with E-state index in [1.54, 1.807) is 6.20 Å². The van der Waals surface area contributed by atoms with Crippen molar-refractivity contribution in [3.63, 3.8) is 0 Å². The lowest BCUT2D eigenvalue weighted by molar-refractivity contribution is 0.0742. The number of halogens is 1. The summed E-state index contributed by atoms with van der Waals surface area (Å²) in [6.45, 7) is 7.59. The van der Waals surface area contributed by atoms with E-state index in [4.69, 9.17) is 17.3 Å². The van der Waals surface area contributed by atoms with Crippen molar-refractivity contribution in [2.24, 2.45) is 11.7 Å². The van der Waals surface area contributed by atoms with Gasteiger partial charge in [0, 0.05) is 17.6 Å². The molecule has 5 nitrogen and oxygen atoms in total. The predicted octanol–water partition coefficient (Wildman–Crippen LogP) is 3.46. The van der Waals surface area contributed by atoms with Gasteiger partial charge in [-0.15, -0.1) is 0 Å². The molecule has 2 N–H and O–H groups in total. The highest BCUT2D eigenvalue weighted by molar-refractivity contribution is 6.30. The van der Waals surface area contributed by atoms with E-state index in [2.05, 4.69) is 25.9 Å². The zero-order valence-corrected chi connectivity index (χ0v) is 15.7. The van der Waals surface area contributed by atoms with Crippen molar-refractivity contribution in [2.45, 2.75) is 39.2 Å². The SMILES string of the molecule is CC(C)c1c(C(=O)N2CC(CN)CC2C)cnn1-c1ccc(Cl)cc1. The Kier molecular flexibility index (Phi) is 5.16. The molecule has 1 amide bonds. The molecular weight excluding hydrogens is 336 g/mol. The fourth-order valence-corrected chi connectivity index (χ4v) is 3.74. The van der Waals surface area contributed by atoms with Gasteiger partial charge >= 0.3 is 0 Å². The van der Waals surface area contributed by atoms with Crippen molar-refractivity contribution < 1.29 is 4.79 Å². The molecule has 0 aliphatic carbocycles. The monoisotopic (exact) mass is 360 g/mol. The average Bonchev–Trinajstić information content (AvgIpc) is 3.18. The number of amides is 1. The average molecular weight is 361 g/mol. The van der Waals surface area contributed by atoms with Crippen LogP contribution < -0.4 is 5.73 Å². The number of nitrogens with zero attached hydrogens (tertiary/aromatic N) is 3. The Hall–Kier alpha value is -1.85. The molecule has 1 aliphatic heterocycles. The highest BCUT2D eigenvalue weighted by Gasteiger charge is 2.34. The van der Waals surface area contributed by atoms with Gasteiger partial charge in [0.25, 0.3) is 5.91 Å². The second kappa shape index (κ2) is 7.18. The van der Waals surface area contributed by atoms with E-state index in [-0.39, 0.29) is 17.9 Å². The third-order valence-corrected chi connectivity index (χ3v) is 5.16. The maximum Gasteiger partial charge on any atom is 0.257 e. The molecular formula is C19H25ClN4O. The number of likely N-dealkylation sites (tertiary alicyclic amines) is 1. The molecule has 0 spiro atoms. The topological polar surface area (TPSA) is 64.2 Å². The highest BCUT2D eigenvalue weighted by atomic mass is 35.5. The van der Waals surface area contributed by atoms with Crippen molar-refractivity contribution in [1.82, 2.24) is 14.7 Å². The van der Waals surface area contributed by atoms with E-state index in [0.29, 0.717) is 23.0 Å². The number of rotatable bonds is 4. The second-order valence-electron chi connectivity index (χ2n) is 7.13. The molecule has 2 unspecified atom stereocenters. The molecule has 1 saturated heterocycles. The quantitative estimate of drug-likeness (QED) is 0.908. The van der Waals surface area contributed by atoms with Gasteiger partial charge < -0.3 is 10.6 Å². The lowest BCUT2D eigenvalue weighted by Crippen LogP contribution is -2.35. The Morgan fingerprint density at radius 1 is 1.36 bits per heavy atom. The maximum absolute atomic E-state index is 13.2. The number of aromatic nitrogens is 2. The van der Waals surface area contributed by atoms with Gasteiger partial charge in [0.2, 0.25) is 0 Å². The fourth-order valence-electron chi connectivity index (χ4n) is 3.62. The van der Waals surface area contributed by atoms with Crippen LogP contribution in [0, 0.1) is 5.92 Å². The number of hydrogen-bond donors (Lipinski definition) is 1. The normalized spacial score (nSPS) is 20.5. The van der Waals surface area contributed by atoms with Gasteiger partial charge in [-0.25, -0.2) is 4.68 Å². The summed E-state index contributed by atoms with van der Waals surface area (Å²) in [5.41, 5.74) is 8.31. The third kappa shape index (κ3) is 3.44. The molecule has 1 aromatic carbocycles.